The Kier molecular flexibility index (Phi) is 3.78. The number of hydrogen-bond donors (Lipinski definition) is 2. The van der Waals surface area contributed by atoms with Crippen molar-refractivity contribution >= 4 is 5.78 Å². The number of aliphatic hydroxyl groups is 2. The van der Waals surface area contributed by atoms with Crippen LogP contribution in [0.15, 0.2) is 11.6 Å². The predicted octanol–water partition coefficient (Wildman–Crippen LogP) is 3.49. The maximum atomic E-state index is 11.9. The molecule has 1 unspecified atom stereocenters. The van der Waals surface area contributed by atoms with Crippen molar-refractivity contribution in [2.24, 2.45) is 34.5 Å². The van der Waals surface area contributed by atoms with Crippen molar-refractivity contribution in [1.29, 1.82) is 0 Å². The van der Waals surface area contributed by atoms with Crippen molar-refractivity contribution in [2.45, 2.75) is 77.9 Å². The van der Waals surface area contributed by atoms with Crippen LogP contribution < -0.4 is 0 Å². The van der Waals surface area contributed by atoms with E-state index < -0.39 is 0 Å². The van der Waals surface area contributed by atoms with Gasteiger partial charge < -0.3 is 10.2 Å². The predicted molar refractivity (Wildman–Crippen MR) is 93.3 cm³/mol. The van der Waals surface area contributed by atoms with E-state index in [1.54, 1.807) is 0 Å². The smallest absolute Gasteiger partial charge is 0.155 e. The van der Waals surface area contributed by atoms with Crippen LogP contribution >= 0.6 is 0 Å². The average molecular weight is 332 g/mol. The number of carbonyl (C=O) groups excluding carboxylic acids is 1. The Morgan fingerprint density at radius 1 is 1.21 bits per heavy atom. The van der Waals surface area contributed by atoms with Crippen LogP contribution in [0.25, 0.3) is 0 Å². The highest BCUT2D eigenvalue weighted by Gasteiger charge is 2.62. The van der Waals surface area contributed by atoms with Crippen molar-refractivity contribution in [3.8, 4) is 0 Å². The van der Waals surface area contributed by atoms with Gasteiger partial charge in [-0.05, 0) is 86.0 Å². The second kappa shape index (κ2) is 5.41. The molecule has 0 aromatic rings. The van der Waals surface area contributed by atoms with Crippen molar-refractivity contribution in [1.82, 2.24) is 0 Å². The van der Waals surface area contributed by atoms with E-state index in [1.807, 2.05) is 13.0 Å². The van der Waals surface area contributed by atoms with Crippen molar-refractivity contribution in [3.63, 3.8) is 0 Å². The minimum Gasteiger partial charge on any atom is -0.393 e. The molecule has 0 amide bonds. The molecule has 3 saturated carbocycles. The fourth-order valence-electron chi connectivity index (χ4n) is 7.52. The second-order valence-corrected chi connectivity index (χ2v) is 9.59. The molecule has 4 aliphatic rings. The average Bonchev–Trinajstić information content (AvgIpc) is 2.84. The van der Waals surface area contributed by atoms with E-state index in [0.717, 1.165) is 32.1 Å². The zero-order valence-corrected chi connectivity index (χ0v) is 15.3. The Morgan fingerprint density at radius 3 is 2.67 bits per heavy atom. The van der Waals surface area contributed by atoms with Crippen LogP contribution in [0.2, 0.25) is 0 Å². The summed E-state index contributed by atoms with van der Waals surface area (Å²) in [6.07, 6.45) is 8.04. The zero-order valence-electron chi connectivity index (χ0n) is 15.3. The van der Waals surface area contributed by atoms with Crippen LogP contribution in [0.1, 0.15) is 65.7 Å². The van der Waals surface area contributed by atoms with E-state index in [4.69, 9.17) is 0 Å². The van der Waals surface area contributed by atoms with Gasteiger partial charge in [-0.3, -0.25) is 4.79 Å². The summed E-state index contributed by atoms with van der Waals surface area (Å²) in [6, 6.07) is 0. The first-order valence-electron chi connectivity index (χ1n) is 9.87. The number of carbonyl (C=O) groups is 1. The Bertz CT molecular complexity index is 580. The summed E-state index contributed by atoms with van der Waals surface area (Å²) in [4.78, 5) is 11.9. The number of hydrogen-bond acceptors (Lipinski definition) is 3. The summed E-state index contributed by atoms with van der Waals surface area (Å²) in [5.41, 5.74) is 1.37. The van der Waals surface area contributed by atoms with Gasteiger partial charge in [0.05, 0.1) is 12.2 Å². The standard InChI is InChI=1S/C21H32O3/c1-12(22)16-6-7-17-15-5-4-13-10-14(23)8-9-20(13,2)19(15)18(24)11-21(16,17)3/h10,12,15-19,22,24H,4-9,11H2,1-3H3/t12?,15-,16+,17-,18+,19+,20-,21+/m0/s1. The summed E-state index contributed by atoms with van der Waals surface area (Å²) in [5.74, 6) is 2.03. The van der Waals surface area contributed by atoms with Crippen LogP contribution in [-0.2, 0) is 4.79 Å². The molecular formula is C21H32O3. The Morgan fingerprint density at radius 2 is 1.96 bits per heavy atom. The van der Waals surface area contributed by atoms with Gasteiger partial charge in [-0.1, -0.05) is 19.4 Å². The SMILES string of the molecule is CC(O)[C@H]1CC[C@H]2[C@@H]3CCC4=CC(=O)CC[C@]4(C)[C@H]3[C@H](O)C[C@]12C. The molecule has 8 atom stereocenters. The molecule has 0 radical (unpaired) electrons. The van der Waals surface area contributed by atoms with Crippen LogP contribution in [-0.4, -0.2) is 28.2 Å². The molecule has 0 aliphatic heterocycles. The molecule has 3 heteroatoms. The van der Waals surface area contributed by atoms with E-state index in [2.05, 4.69) is 13.8 Å². The van der Waals surface area contributed by atoms with Gasteiger partial charge >= 0.3 is 0 Å². The molecule has 0 aromatic heterocycles. The highest BCUT2D eigenvalue weighted by atomic mass is 16.3. The first-order valence-corrected chi connectivity index (χ1v) is 9.87. The van der Waals surface area contributed by atoms with Crippen LogP contribution in [0.3, 0.4) is 0 Å². The highest BCUT2D eigenvalue weighted by molar-refractivity contribution is 5.91. The molecule has 4 aliphatic carbocycles. The second-order valence-electron chi connectivity index (χ2n) is 9.59. The van der Waals surface area contributed by atoms with Crippen molar-refractivity contribution in [2.75, 3.05) is 0 Å². The number of rotatable bonds is 1. The summed E-state index contributed by atoms with van der Waals surface area (Å²) >= 11 is 0. The molecule has 0 aromatic carbocycles. The minimum absolute atomic E-state index is 0.000487. The minimum atomic E-state index is -0.308. The molecule has 0 spiro atoms. The van der Waals surface area contributed by atoms with Gasteiger partial charge in [0.2, 0.25) is 0 Å². The van der Waals surface area contributed by atoms with E-state index in [-0.39, 0.29) is 34.7 Å². The lowest BCUT2D eigenvalue weighted by Gasteiger charge is -2.60. The van der Waals surface area contributed by atoms with Gasteiger partial charge in [-0.15, -0.1) is 0 Å². The third-order valence-electron chi connectivity index (χ3n) is 8.55. The fourth-order valence-corrected chi connectivity index (χ4v) is 7.52. The maximum absolute atomic E-state index is 11.9. The monoisotopic (exact) mass is 332 g/mol. The number of fused-ring (bicyclic) bond motifs is 5. The summed E-state index contributed by atoms with van der Waals surface area (Å²) in [6.45, 7) is 6.54. The molecule has 3 nitrogen and oxygen atoms in total. The lowest BCUT2D eigenvalue weighted by atomic mass is 9.46. The van der Waals surface area contributed by atoms with E-state index in [9.17, 15) is 15.0 Å². The zero-order chi connectivity index (χ0) is 17.3. The Hall–Kier alpha value is -0.670. The number of aliphatic hydroxyl groups excluding tert-OH is 2. The molecule has 0 saturated heterocycles. The molecule has 134 valence electrons. The van der Waals surface area contributed by atoms with Crippen molar-refractivity contribution in [3.05, 3.63) is 11.6 Å². The van der Waals surface area contributed by atoms with Gasteiger partial charge in [0, 0.05) is 6.42 Å². The van der Waals surface area contributed by atoms with Gasteiger partial charge in [0.25, 0.3) is 0 Å². The largest absolute Gasteiger partial charge is 0.393 e. The molecule has 0 heterocycles. The lowest BCUT2D eigenvalue weighted by molar-refractivity contribution is -0.140. The molecule has 2 N–H and O–H groups in total. The third kappa shape index (κ3) is 2.13. The first-order chi connectivity index (χ1) is 11.3. The molecule has 3 fully saturated rings. The van der Waals surface area contributed by atoms with Crippen molar-refractivity contribution < 1.29 is 15.0 Å². The lowest BCUT2D eigenvalue weighted by Crippen LogP contribution is -2.57. The van der Waals surface area contributed by atoms with Gasteiger partial charge in [0.15, 0.2) is 5.78 Å². The van der Waals surface area contributed by atoms with E-state index in [0.29, 0.717) is 24.2 Å². The fraction of sp³-hybridized carbons (Fsp3) is 0.857. The molecular weight excluding hydrogens is 300 g/mol. The molecule has 0 bridgehead atoms. The highest BCUT2D eigenvalue weighted by Crippen LogP contribution is 2.66. The number of ketones is 1. The Balaban J connectivity index is 1.71. The quantitative estimate of drug-likeness (QED) is 0.773. The summed E-state index contributed by atoms with van der Waals surface area (Å²) < 4.78 is 0. The van der Waals surface area contributed by atoms with Crippen LogP contribution in [0.5, 0.6) is 0 Å². The molecule has 24 heavy (non-hydrogen) atoms. The summed E-state index contributed by atoms with van der Waals surface area (Å²) in [5, 5.41) is 21.5. The van der Waals surface area contributed by atoms with Gasteiger partial charge in [0.1, 0.15) is 0 Å². The maximum Gasteiger partial charge on any atom is 0.155 e. The third-order valence-corrected chi connectivity index (χ3v) is 8.55. The Labute approximate surface area is 145 Å². The van der Waals surface area contributed by atoms with Gasteiger partial charge in [-0.2, -0.15) is 0 Å². The van der Waals surface area contributed by atoms with Crippen LogP contribution in [0, 0.1) is 34.5 Å². The number of allylic oxidation sites excluding steroid dienone is 1. The van der Waals surface area contributed by atoms with E-state index >= 15 is 0 Å². The van der Waals surface area contributed by atoms with E-state index in [1.165, 1.54) is 12.0 Å². The molecule has 4 rings (SSSR count). The first kappa shape index (κ1) is 16.8. The van der Waals surface area contributed by atoms with Crippen LogP contribution in [0.4, 0.5) is 0 Å². The van der Waals surface area contributed by atoms with Gasteiger partial charge in [-0.25, -0.2) is 0 Å². The topological polar surface area (TPSA) is 57.5 Å². The summed E-state index contributed by atoms with van der Waals surface area (Å²) in [7, 11) is 0. The normalized spacial score (nSPS) is 52.1.